The maximum atomic E-state index is 12.5. The summed E-state index contributed by atoms with van der Waals surface area (Å²) in [5.41, 5.74) is 2.32. The zero-order chi connectivity index (χ0) is 17.1. The standard InChI is InChI=1S/C17H25N5OS.2ClH/c1-12(22-6-4-15-13(11-22)5-7-24-15)8-19-17(23)16(18-2)14-9-20-21(3)10-14;;/h5,7,9-10,12,16,18H,4,6,8,11H2,1-3H3,(H,19,23);2*1H. The summed E-state index contributed by atoms with van der Waals surface area (Å²) in [5, 5.41) is 12.5. The predicted octanol–water partition coefficient (Wildman–Crippen LogP) is 2.15. The number of carbonyl (C=O) groups excluding carboxylic acids is 1. The second-order valence-corrected chi connectivity index (χ2v) is 7.35. The van der Waals surface area contributed by atoms with Crippen LogP contribution in [0.2, 0.25) is 0 Å². The molecule has 3 heterocycles. The minimum absolute atomic E-state index is 0. The first-order valence-corrected chi connectivity index (χ1v) is 9.19. The Morgan fingerprint density at radius 1 is 1.42 bits per heavy atom. The Morgan fingerprint density at radius 2 is 2.19 bits per heavy atom. The average molecular weight is 420 g/mol. The first-order valence-electron chi connectivity index (χ1n) is 8.31. The van der Waals surface area contributed by atoms with Crippen molar-refractivity contribution in [3.05, 3.63) is 39.8 Å². The summed E-state index contributed by atoms with van der Waals surface area (Å²) < 4.78 is 1.71. The number of aryl methyl sites for hydroxylation is 1. The Bertz CT molecular complexity index is 705. The molecule has 0 radical (unpaired) electrons. The highest BCUT2D eigenvalue weighted by Gasteiger charge is 2.24. The number of carbonyl (C=O) groups is 1. The van der Waals surface area contributed by atoms with Gasteiger partial charge in [0.25, 0.3) is 0 Å². The molecule has 1 aliphatic heterocycles. The van der Waals surface area contributed by atoms with Crippen LogP contribution in [0.4, 0.5) is 0 Å². The molecule has 0 aromatic carbocycles. The number of halogens is 2. The van der Waals surface area contributed by atoms with Crippen LogP contribution < -0.4 is 10.6 Å². The van der Waals surface area contributed by atoms with Crippen molar-refractivity contribution in [2.45, 2.75) is 32.0 Å². The lowest BCUT2D eigenvalue weighted by atomic mass is 10.1. The molecule has 0 saturated carbocycles. The van der Waals surface area contributed by atoms with E-state index >= 15 is 0 Å². The van der Waals surface area contributed by atoms with Crippen molar-refractivity contribution in [2.75, 3.05) is 20.1 Å². The van der Waals surface area contributed by atoms with Crippen LogP contribution in [0.5, 0.6) is 0 Å². The lowest BCUT2D eigenvalue weighted by Gasteiger charge is -2.32. The lowest BCUT2D eigenvalue weighted by Crippen LogP contribution is -2.46. The van der Waals surface area contributed by atoms with Crippen molar-refractivity contribution in [3.63, 3.8) is 0 Å². The molecule has 26 heavy (non-hydrogen) atoms. The van der Waals surface area contributed by atoms with Gasteiger partial charge in [-0.2, -0.15) is 5.10 Å². The highest BCUT2D eigenvalue weighted by Crippen LogP contribution is 2.25. The number of hydrogen-bond donors (Lipinski definition) is 2. The van der Waals surface area contributed by atoms with Crippen LogP contribution in [-0.2, 0) is 24.8 Å². The number of hydrogen-bond acceptors (Lipinski definition) is 5. The predicted molar refractivity (Wildman–Crippen MR) is 110 cm³/mol. The van der Waals surface area contributed by atoms with Crippen LogP contribution in [0, 0.1) is 0 Å². The van der Waals surface area contributed by atoms with Crippen molar-refractivity contribution >= 4 is 42.1 Å². The fraction of sp³-hybridized carbons (Fsp3) is 0.529. The van der Waals surface area contributed by atoms with Crippen molar-refractivity contribution in [1.82, 2.24) is 25.3 Å². The summed E-state index contributed by atoms with van der Waals surface area (Å²) in [7, 11) is 3.65. The number of aromatic nitrogens is 2. The molecule has 146 valence electrons. The van der Waals surface area contributed by atoms with Gasteiger partial charge in [0, 0.05) is 49.4 Å². The van der Waals surface area contributed by atoms with Crippen molar-refractivity contribution < 1.29 is 4.79 Å². The summed E-state index contributed by atoms with van der Waals surface area (Å²) >= 11 is 1.85. The van der Waals surface area contributed by atoms with E-state index in [1.54, 1.807) is 17.9 Å². The first-order chi connectivity index (χ1) is 11.6. The molecule has 1 amide bonds. The van der Waals surface area contributed by atoms with Gasteiger partial charge in [-0.15, -0.1) is 36.2 Å². The normalized spacial score (nSPS) is 16.0. The molecule has 0 spiro atoms. The van der Waals surface area contributed by atoms with E-state index in [4.69, 9.17) is 0 Å². The van der Waals surface area contributed by atoms with Gasteiger partial charge in [0.1, 0.15) is 6.04 Å². The fourth-order valence-corrected chi connectivity index (χ4v) is 4.05. The third-order valence-electron chi connectivity index (χ3n) is 4.64. The monoisotopic (exact) mass is 419 g/mol. The van der Waals surface area contributed by atoms with Gasteiger partial charge in [0.2, 0.25) is 5.91 Å². The van der Waals surface area contributed by atoms with Crippen molar-refractivity contribution in [2.24, 2.45) is 7.05 Å². The Balaban J connectivity index is 0.00000169. The smallest absolute Gasteiger partial charge is 0.241 e. The van der Waals surface area contributed by atoms with E-state index < -0.39 is 0 Å². The Kier molecular flexibility index (Phi) is 9.06. The molecule has 2 atom stereocenters. The SMILES string of the molecule is CNC(C(=O)NCC(C)N1CCc2sccc2C1)c1cnn(C)c1.Cl.Cl. The molecule has 0 saturated heterocycles. The van der Waals surface area contributed by atoms with Crippen LogP contribution in [-0.4, -0.2) is 46.8 Å². The molecule has 2 unspecified atom stereocenters. The quantitative estimate of drug-likeness (QED) is 0.752. The van der Waals surface area contributed by atoms with E-state index in [9.17, 15) is 4.79 Å². The molecule has 9 heteroatoms. The average Bonchev–Trinajstić information content (AvgIpc) is 3.21. The third kappa shape index (κ3) is 5.20. The Labute approximate surface area is 171 Å². The molecule has 2 aromatic heterocycles. The van der Waals surface area contributed by atoms with Gasteiger partial charge in [-0.3, -0.25) is 14.4 Å². The Morgan fingerprint density at radius 3 is 2.85 bits per heavy atom. The van der Waals surface area contributed by atoms with Crippen molar-refractivity contribution in [3.8, 4) is 0 Å². The van der Waals surface area contributed by atoms with Crippen LogP contribution in [0.1, 0.15) is 29.0 Å². The highest BCUT2D eigenvalue weighted by atomic mass is 35.5. The maximum Gasteiger partial charge on any atom is 0.241 e. The number of nitrogens with one attached hydrogen (secondary N) is 2. The molecule has 2 N–H and O–H groups in total. The number of fused-ring (bicyclic) bond motifs is 1. The summed E-state index contributed by atoms with van der Waals surface area (Å²) in [5.74, 6) is -0.00872. The van der Waals surface area contributed by atoms with Gasteiger partial charge in [0.05, 0.1) is 6.20 Å². The van der Waals surface area contributed by atoms with Crippen molar-refractivity contribution in [1.29, 1.82) is 0 Å². The summed E-state index contributed by atoms with van der Waals surface area (Å²) in [6.45, 7) is 4.86. The van der Waals surface area contributed by atoms with E-state index in [1.807, 2.05) is 24.6 Å². The van der Waals surface area contributed by atoms with E-state index in [-0.39, 0.29) is 36.8 Å². The van der Waals surface area contributed by atoms with Crippen LogP contribution in [0.3, 0.4) is 0 Å². The minimum Gasteiger partial charge on any atom is -0.353 e. The zero-order valence-corrected chi connectivity index (χ0v) is 17.7. The van der Waals surface area contributed by atoms with Crippen LogP contribution in [0.15, 0.2) is 23.8 Å². The van der Waals surface area contributed by atoms with Crippen LogP contribution in [0.25, 0.3) is 0 Å². The molecular formula is C17H27Cl2N5OS. The molecule has 0 bridgehead atoms. The molecule has 1 aliphatic rings. The zero-order valence-electron chi connectivity index (χ0n) is 15.3. The van der Waals surface area contributed by atoms with Gasteiger partial charge in [-0.1, -0.05) is 0 Å². The summed E-state index contributed by atoms with van der Waals surface area (Å²) in [4.78, 5) is 16.4. The molecule has 2 aromatic rings. The molecule has 0 fully saturated rings. The van der Waals surface area contributed by atoms with E-state index in [0.717, 1.165) is 25.1 Å². The molecule has 6 nitrogen and oxygen atoms in total. The number of nitrogens with zero attached hydrogens (tertiary/aromatic N) is 3. The molecule has 0 aliphatic carbocycles. The largest absolute Gasteiger partial charge is 0.353 e. The summed E-state index contributed by atoms with van der Waals surface area (Å²) in [6.07, 6.45) is 4.71. The van der Waals surface area contributed by atoms with E-state index in [1.165, 1.54) is 10.4 Å². The number of amides is 1. The van der Waals surface area contributed by atoms with Crippen LogP contribution >= 0.6 is 36.2 Å². The maximum absolute atomic E-state index is 12.5. The second kappa shape index (κ2) is 10.3. The van der Waals surface area contributed by atoms with Gasteiger partial charge in [-0.25, -0.2) is 0 Å². The fourth-order valence-electron chi connectivity index (χ4n) is 3.16. The van der Waals surface area contributed by atoms with Gasteiger partial charge < -0.3 is 10.6 Å². The van der Waals surface area contributed by atoms with Gasteiger partial charge >= 0.3 is 0 Å². The van der Waals surface area contributed by atoms with Gasteiger partial charge in [-0.05, 0) is 37.4 Å². The highest BCUT2D eigenvalue weighted by molar-refractivity contribution is 7.10. The number of rotatable bonds is 6. The number of likely N-dealkylation sites (N-methyl/N-ethyl adjacent to an activating group) is 1. The lowest BCUT2D eigenvalue weighted by molar-refractivity contribution is -0.123. The minimum atomic E-state index is -0.365. The summed E-state index contributed by atoms with van der Waals surface area (Å²) in [6, 6.07) is 2.17. The van der Waals surface area contributed by atoms with E-state index in [0.29, 0.717) is 12.6 Å². The Hall–Kier alpha value is -1.12. The molecular weight excluding hydrogens is 393 g/mol. The topological polar surface area (TPSA) is 62.2 Å². The third-order valence-corrected chi connectivity index (χ3v) is 5.66. The number of thiophene rings is 1. The van der Waals surface area contributed by atoms with Gasteiger partial charge in [0.15, 0.2) is 0 Å². The van der Waals surface area contributed by atoms with E-state index in [2.05, 4.69) is 39.0 Å². The first kappa shape index (κ1) is 22.9. The second-order valence-electron chi connectivity index (χ2n) is 6.35. The molecule has 3 rings (SSSR count).